The predicted molar refractivity (Wildman–Crippen MR) is 88.3 cm³/mol. The Kier molecular flexibility index (Phi) is 4.57. The molecule has 0 saturated carbocycles. The van der Waals surface area contributed by atoms with Crippen LogP contribution in [0, 0.1) is 13.8 Å². The monoisotopic (exact) mass is 309 g/mol. The average Bonchev–Trinajstić information content (AvgIpc) is 3.01. The van der Waals surface area contributed by atoms with E-state index in [4.69, 9.17) is 9.15 Å². The molecule has 0 aliphatic heterocycles. The first-order valence-electron chi connectivity index (χ1n) is 7.51. The van der Waals surface area contributed by atoms with Crippen LogP contribution < -0.4 is 10.1 Å². The number of aromatic nitrogens is 2. The summed E-state index contributed by atoms with van der Waals surface area (Å²) in [4.78, 5) is 0. The summed E-state index contributed by atoms with van der Waals surface area (Å²) in [6, 6.07) is 15.7. The van der Waals surface area contributed by atoms with Gasteiger partial charge in [-0.1, -0.05) is 36.4 Å². The Hall–Kier alpha value is -2.82. The lowest BCUT2D eigenvalue weighted by atomic mass is 10.1. The van der Waals surface area contributed by atoms with Crippen molar-refractivity contribution < 1.29 is 9.15 Å². The van der Waals surface area contributed by atoms with E-state index in [1.54, 1.807) is 0 Å². The van der Waals surface area contributed by atoms with Crippen LogP contribution in [0.15, 0.2) is 52.9 Å². The highest BCUT2D eigenvalue weighted by atomic mass is 16.5. The number of benzene rings is 2. The van der Waals surface area contributed by atoms with Crippen molar-refractivity contribution in [3.05, 3.63) is 71.4 Å². The highest BCUT2D eigenvalue weighted by molar-refractivity contribution is 5.56. The van der Waals surface area contributed by atoms with Crippen LogP contribution in [0.4, 0.5) is 5.69 Å². The van der Waals surface area contributed by atoms with Gasteiger partial charge in [-0.25, -0.2) is 0 Å². The molecular formula is C18H19N3O2. The van der Waals surface area contributed by atoms with Gasteiger partial charge >= 0.3 is 0 Å². The average molecular weight is 309 g/mol. The molecule has 2 aromatic carbocycles. The number of aryl methyl sites for hydroxylation is 2. The fraction of sp³-hybridized carbons (Fsp3) is 0.222. The van der Waals surface area contributed by atoms with Crippen molar-refractivity contribution in [2.75, 3.05) is 5.32 Å². The van der Waals surface area contributed by atoms with Crippen LogP contribution in [-0.2, 0) is 13.2 Å². The molecule has 5 heteroatoms. The van der Waals surface area contributed by atoms with Crippen LogP contribution in [-0.4, -0.2) is 10.2 Å². The van der Waals surface area contributed by atoms with Gasteiger partial charge in [-0.3, -0.25) is 0 Å². The van der Waals surface area contributed by atoms with E-state index in [1.807, 2.05) is 36.4 Å². The molecule has 0 bridgehead atoms. The summed E-state index contributed by atoms with van der Waals surface area (Å²) in [6.07, 6.45) is 0. The second-order valence-electron chi connectivity index (χ2n) is 5.31. The lowest BCUT2D eigenvalue weighted by Gasteiger charge is -2.10. The topological polar surface area (TPSA) is 60.2 Å². The van der Waals surface area contributed by atoms with Crippen LogP contribution >= 0.6 is 0 Å². The number of hydrogen-bond donors (Lipinski definition) is 1. The largest absolute Gasteiger partial charge is 0.484 e. The normalized spacial score (nSPS) is 10.5. The SMILES string of the molecule is Cc1cccc(C)c1NCc1nnc(COc2ccccc2)o1. The van der Waals surface area contributed by atoms with Crippen molar-refractivity contribution in [3.63, 3.8) is 0 Å². The maximum Gasteiger partial charge on any atom is 0.253 e. The summed E-state index contributed by atoms with van der Waals surface area (Å²) in [7, 11) is 0. The molecule has 5 nitrogen and oxygen atoms in total. The first-order chi connectivity index (χ1) is 11.2. The van der Waals surface area contributed by atoms with Crippen LogP contribution in [0.5, 0.6) is 5.75 Å². The lowest BCUT2D eigenvalue weighted by molar-refractivity contribution is 0.259. The molecular weight excluding hydrogens is 290 g/mol. The van der Waals surface area contributed by atoms with Gasteiger partial charge in [0, 0.05) is 5.69 Å². The molecule has 1 N–H and O–H groups in total. The van der Waals surface area contributed by atoms with E-state index in [1.165, 1.54) is 11.1 Å². The van der Waals surface area contributed by atoms with Gasteiger partial charge in [0.15, 0.2) is 6.61 Å². The molecule has 0 fully saturated rings. The quantitative estimate of drug-likeness (QED) is 0.749. The highest BCUT2D eigenvalue weighted by Crippen LogP contribution is 2.20. The molecule has 1 aromatic heterocycles. The second-order valence-corrected chi connectivity index (χ2v) is 5.31. The van der Waals surface area contributed by atoms with E-state index in [9.17, 15) is 0 Å². The number of nitrogens with zero attached hydrogens (tertiary/aromatic N) is 2. The van der Waals surface area contributed by atoms with Crippen molar-refractivity contribution in [2.45, 2.75) is 27.0 Å². The van der Waals surface area contributed by atoms with Gasteiger partial charge in [0.2, 0.25) is 5.89 Å². The molecule has 0 saturated heterocycles. The number of rotatable bonds is 6. The number of ether oxygens (including phenoxy) is 1. The predicted octanol–water partition coefficient (Wildman–Crippen LogP) is 3.88. The van der Waals surface area contributed by atoms with Crippen molar-refractivity contribution in [1.82, 2.24) is 10.2 Å². The summed E-state index contributed by atoms with van der Waals surface area (Å²) in [5.41, 5.74) is 3.49. The van der Waals surface area contributed by atoms with E-state index in [2.05, 4.69) is 41.5 Å². The van der Waals surface area contributed by atoms with Gasteiger partial charge in [0.25, 0.3) is 5.89 Å². The molecule has 0 atom stereocenters. The summed E-state index contributed by atoms with van der Waals surface area (Å²) in [5, 5.41) is 11.4. The number of para-hydroxylation sites is 2. The minimum Gasteiger partial charge on any atom is -0.484 e. The van der Waals surface area contributed by atoms with Crippen LogP contribution in [0.3, 0.4) is 0 Å². The van der Waals surface area contributed by atoms with Gasteiger partial charge < -0.3 is 14.5 Å². The van der Waals surface area contributed by atoms with Crippen LogP contribution in [0.2, 0.25) is 0 Å². The van der Waals surface area contributed by atoms with Gasteiger partial charge in [-0.2, -0.15) is 0 Å². The minimum absolute atomic E-state index is 0.264. The Bertz CT molecular complexity index is 749. The Morgan fingerprint density at radius 1 is 0.913 bits per heavy atom. The number of anilines is 1. The molecule has 1 heterocycles. The fourth-order valence-corrected chi connectivity index (χ4v) is 2.34. The molecule has 23 heavy (non-hydrogen) atoms. The first kappa shape index (κ1) is 15.1. The molecule has 118 valence electrons. The third kappa shape index (κ3) is 3.88. The fourth-order valence-electron chi connectivity index (χ4n) is 2.34. The second kappa shape index (κ2) is 6.96. The Balaban J connectivity index is 1.57. The molecule has 0 radical (unpaired) electrons. The molecule has 0 amide bonds. The Labute approximate surface area is 135 Å². The molecule has 0 aliphatic carbocycles. The molecule has 0 unspecified atom stereocenters. The van der Waals surface area contributed by atoms with E-state index in [0.29, 0.717) is 18.3 Å². The van der Waals surface area contributed by atoms with Crippen molar-refractivity contribution in [3.8, 4) is 5.75 Å². The number of nitrogens with one attached hydrogen (secondary N) is 1. The van der Waals surface area contributed by atoms with Crippen molar-refractivity contribution in [1.29, 1.82) is 0 Å². The summed E-state index contributed by atoms with van der Waals surface area (Å²) in [6.45, 7) is 4.90. The van der Waals surface area contributed by atoms with Gasteiger partial charge in [0.05, 0.1) is 6.54 Å². The van der Waals surface area contributed by atoms with Crippen LogP contribution in [0.25, 0.3) is 0 Å². The van der Waals surface area contributed by atoms with Gasteiger partial charge in [-0.15, -0.1) is 10.2 Å². The zero-order chi connectivity index (χ0) is 16.1. The van der Waals surface area contributed by atoms with E-state index in [-0.39, 0.29) is 6.61 Å². The van der Waals surface area contributed by atoms with Gasteiger partial charge in [0.1, 0.15) is 5.75 Å². The minimum atomic E-state index is 0.264. The van der Waals surface area contributed by atoms with E-state index in [0.717, 1.165) is 11.4 Å². The summed E-state index contributed by atoms with van der Waals surface area (Å²) in [5.74, 6) is 1.78. The maximum atomic E-state index is 5.60. The van der Waals surface area contributed by atoms with E-state index < -0.39 is 0 Å². The van der Waals surface area contributed by atoms with Crippen LogP contribution in [0.1, 0.15) is 22.9 Å². The standard InChI is InChI=1S/C18H19N3O2/c1-13-7-6-8-14(2)18(13)19-11-16-20-21-17(23-16)12-22-15-9-4-3-5-10-15/h3-10,19H,11-12H2,1-2H3. The number of hydrogen-bond acceptors (Lipinski definition) is 5. The summed E-state index contributed by atoms with van der Waals surface area (Å²) < 4.78 is 11.2. The lowest BCUT2D eigenvalue weighted by Crippen LogP contribution is -2.03. The molecule has 0 aliphatic rings. The summed E-state index contributed by atoms with van der Waals surface area (Å²) >= 11 is 0. The van der Waals surface area contributed by atoms with Crippen molar-refractivity contribution in [2.24, 2.45) is 0 Å². The zero-order valence-electron chi connectivity index (χ0n) is 13.2. The Morgan fingerprint density at radius 3 is 2.35 bits per heavy atom. The third-order valence-electron chi connectivity index (χ3n) is 3.51. The maximum absolute atomic E-state index is 5.60. The third-order valence-corrected chi connectivity index (χ3v) is 3.51. The first-order valence-corrected chi connectivity index (χ1v) is 7.51. The van der Waals surface area contributed by atoms with Gasteiger partial charge in [-0.05, 0) is 37.1 Å². The smallest absolute Gasteiger partial charge is 0.253 e. The van der Waals surface area contributed by atoms with Crippen molar-refractivity contribution >= 4 is 5.69 Å². The Morgan fingerprint density at radius 2 is 1.61 bits per heavy atom. The molecule has 3 rings (SSSR count). The highest BCUT2D eigenvalue weighted by Gasteiger charge is 2.08. The molecule has 0 spiro atoms. The molecule has 3 aromatic rings. The van der Waals surface area contributed by atoms with E-state index >= 15 is 0 Å². The zero-order valence-corrected chi connectivity index (χ0v) is 13.2.